The Balaban J connectivity index is 1.36. The molecule has 0 bridgehead atoms. The van der Waals surface area contributed by atoms with Crippen LogP contribution in [0, 0.1) is 0 Å². The fourth-order valence-corrected chi connectivity index (χ4v) is 2.96. The zero-order valence-electron chi connectivity index (χ0n) is 14.5. The van der Waals surface area contributed by atoms with Gasteiger partial charge in [0, 0.05) is 31.9 Å². The van der Waals surface area contributed by atoms with Crippen LogP contribution >= 0.6 is 0 Å². The average Bonchev–Trinajstić information content (AvgIpc) is 3.17. The maximum absolute atomic E-state index is 12.1. The number of anilines is 1. The highest BCUT2D eigenvalue weighted by Crippen LogP contribution is 2.24. The molecule has 1 aliphatic heterocycles. The normalized spacial score (nSPS) is 13.1. The number of rotatable bonds is 4. The number of benzene rings is 1. The summed E-state index contributed by atoms with van der Waals surface area (Å²) in [5, 5.41) is 13.6. The molecule has 0 saturated carbocycles. The van der Waals surface area contributed by atoms with Gasteiger partial charge >= 0.3 is 6.03 Å². The molecular weight excluding hydrogens is 348 g/mol. The third kappa shape index (κ3) is 2.99. The Bertz CT molecular complexity index is 1070. The summed E-state index contributed by atoms with van der Waals surface area (Å²) >= 11 is 0. The second-order valence-corrected chi connectivity index (χ2v) is 6.11. The Kier molecular flexibility index (Phi) is 4.03. The first-order chi connectivity index (χ1) is 13.0. The van der Waals surface area contributed by atoms with E-state index in [2.05, 4.69) is 20.8 Å². The quantitative estimate of drug-likeness (QED) is 0.679. The van der Waals surface area contributed by atoms with Crippen molar-refractivity contribution in [3.63, 3.8) is 0 Å². The molecule has 0 atom stereocenters. The molecule has 4 rings (SSSR count). The number of carbonyl (C=O) groups excluding carboxylic acids is 3. The number of pyridine rings is 1. The van der Waals surface area contributed by atoms with E-state index in [0.29, 0.717) is 24.2 Å². The Hall–Kier alpha value is -3.75. The van der Waals surface area contributed by atoms with Crippen LogP contribution in [0.5, 0.6) is 0 Å². The first kappa shape index (κ1) is 16.7. The van der Waals surface area contributed by atoms with Crippen molar-refractivity contribution in [2.45, 2.75) is 6.42 Å². The highest BCUT2D eigenvalue weighted by Gasteiger charge is 2.32. The number of hydrogen-bond donors (Lipinski definition) is 2. The maximum Gasteiger partial charge on any atom is 0.319 e. The molecule has 27 heavy (non-hydrogen) atoms. The van der Waals surface area contributed by atoms with E-state index in [1.165, 1.54) is 19.2 Å². The van der Waals surface area contributed by atoms with Crippen LogP contribution in [0.1, 0.15) is 26.5 Å². The number of carbonyl (C=O) groups is 3. The molecule has 9 nitrogen and oxygen atoms in total. The fourth-order valence-electron chi connectivity index (χ4n) is 2.96. The standard InChI is InChI=1S/C18H16N6O3/c1-23-16(25)12-6-5-11(10-13(12)17(23)26)20-18(27)19-8-7-15-22-21-14-4-2-3-9-24(14)15/h2-6,9-10H,7-8H2,1H3,(H2,19,20,27). The van der Waals surface area contributed by atoms with E-state index in [1.807, 2.05) is 28.8 Å². The monoisotopic (exact) mass is 364 g/mol. The second kappa shape index (κ2) is 6.52. The topological polar surface area (TPSA) is 109 Å². The van der Waals surface area contributed by atoms with Gasteiger partial charge in [-0.2, -0.15) is 0 Å². The molecule has 0 unspecified atom stereocenters. The Labute approximate surface area is 154 Å². The Morgan fingerprint density at radius 3 is 2.74 bits per heavy atom. The van der Waals surface area contributed by atoms with E-state index >= 15 is 0 Å². The van der Waals surface area contributed by atoms with E-state index in [-0.39, 0.29) is 17.4 Å². The van der Waals surface area contributed by atoms with Gasteiger partial charge in [0.05, 0.1) is 11.1 Å². The number of aromatic nitrogens is 3. The molecule has 0 saturated heterocycles. The average molecular weight is 364 g/mol. The van der Waals surface area contributed by atoms with Gasteiger partial charge in [-0.15, -0.1) is 10.2 Å². The van der Waals surface area contributed by atoms with Crippen LogP contribution in [-0.2, 0) is 6.42 Å². The van der Waals surface area contributed by atoms with Crippen molar-refractivity contribution in [2.75, 3.05) is 18.9 Å². The van der Waals surface area contributed by atoms with Crippen LogP contribution in [0.3, 0.4) is 0 Å². The largest absolute Gasteiger partial charge is 0.337 e. The number of hydrogen-bond acceptors (Lipinski definition) is 5. The van der Waals surface area contributed by atoms with Crippen LogP contribution < -0.4 is 10.6 Å². The highest BCUT2D eigenvalue weighted by molar-refractivity contribution is 6.21. The fraction of sp³-hybridized carbons (Fsp3) is 0.167. The predicted octanol–water partition coefficient (Wildman–Crippen LogP) is 1.32. The first-order valence-electron chi connectivity index (χ1n) is 8.34. The molecule has 0 fully saturated rings. The lowest BCUT2D eigenvalue weighted by atomic mass is 10.1. The van der Waals surface area contributed by atoms with E-state index in [0.717, 1.165) is 16.4 Å². The molecular formula is C18H16N6O3. The number of fused-ring (bicyclic) bond motifs is 2. The van der Waals surface area contributed by atoms with E-state index in [4.69, 9.17) is 0 Å². The van der Waals surface area contributed by atoms with Crippen molar-refractivity contribution in [2.24, 2.45) is 0 Å². The van der Waals surface area contributed by atoms with Crippen molar-refractivity contribution in [3.8, 4) is 0 Å². The highest BCUT2D eigenvalue weighted by atomic mass is 16.2. The summed E-state index contributed by atoms with van der Waals surface area (Å²) < 4.78 is 1.86. The first-order valence-corrected chi connectivity index (χ1v) is 8.34. The Morgan fingerprint density at radius 1 is 1.07 bits per heavy atom. The van der Waals surface area contributed by atoms with Crippen molar-refractivity contribution >= 4 is 29.2 Å². The molecule has 3 aromatic rings. The second-order valence-electron chi connectivity index (χ2n) is 6.11. The minimum Gasteiger partial charge on any atom is -0.337 e. The summed E-state index contributed by atoms with van der Waals surface area (Å²) in [6.45, 7) is 0.368. The van der Waals surface area contributed by atoms with Gasteiger partial charge in [-0.25, -0.2) is 4.79 Å². The number of amides is 4. The zero-order chi connectivity index (χ0) is 19.0. The predicted molar refractivity (Wildman–Crippen MR) is 96.6 cm³/mol. The summed E-state index contributed by atoms with van der Waals surface area (Å²) in [5.74, 6) is 0.0276. The summed E-state index contributed by atoms with van der Waals surface area (Å²) in [7, 11) is 1.43. The lowest BCUT2D eigenvalue weighted by Crippen LogP contribution is -2.30. The number of nitrogens with zero attached hydrogens (tertiary/aromatic N) is 4. The summed E-state index contributed by atoms with van der Waals surface area (Å²) in [6, 6.07) is 9.85. The van der Waals surface area contributed by atoms with Gasteiger partial charge in [-0.05, 0) is 30.3 Å². The zero-order valence-corrected chi connectivity index (χ0v) is 14.5. The molecule has 2 aromatic heterocycles. The third-order valence-electron chi connectivity index (χ3n) is 4.37. The third-order valence-corrected chi connectivity index (χ3v) is 4.37. The number of urea groups is 1. The number of nitrogens with one attached hydrogen (secondary N) is 2. The molecule has 1 aliphatic rings. The lowest BCUT2D eigenvalue weighted by Gasteiger charge is -2.08. The minimum atomic E-state index is -0.408. The van der Waals surface area contributed by atoms with Gasteiger partial charge in [-0.1, -0.05) is 6.07 Å². The van der Waals surface area contributed by atoms with Crippen LogP contribution in [0.25, 0.3) is 5.65 Å². The Morgan fingerprint density at radius 2 is 1.89 bits per heavy atom. The van der Waals surface area contributed by atoms with Gasteiger partial charge in [0.15, 0.2) is 5.65 Å². The van der Waals surface area contributed by atoms with Crippen LogP contribution in [0.15, 0.2) is 42.6 Å². The molecule has 4 amide bonds. The minimum absolute atomic E-state index is 0.287. The van der Waals surface area contributed by atoms with Gasteiger partial charge in [-0.3, -0.25) is 18.9 Å². The molecule has 0 aliphatic carbocycles. The summed E-state index contributed by atoms with van der Waals surface area (Å²) in [6.07, 6.45) is 2.38. The summed E-state index contributed by atoms with van der Waals surface area (Å²) in [4.78, 5) is 37.0. The van der Waals surface area contributed by atoms with Gasteiger partial charge in [0.1, 0.15) is 5.82 Å². The molecule has 0 radical (unpaired) electrons. The summed E-state index contributed by atoms with van der Waals surface area (Å²) in [5.41, 5.74) is 1.82. The molecule has 136 valence electrons. The van der Waals surface area contributed by atoms with Crippen LogP contribution in [0.4, 0.5) is 10.5 Å². The van der Waals surface area contributed by atoms with Crippen LogP contribution in [0.2, 0.25) is 0 Å². The lowest BCUT2D eigenvalue weighted by molar-refractivity contribution is 0.0693. The maximum atomic E-state index is 12.1. The molecule has 2 N–H and O–H groups in total. The van der Waals surface area contributed by atoms with Gasteiger partial charge in [0.2, 0.25) is 0 Å². The van der Waals surface area contributed by atoms with Crippen molar-refractivity contribution < 1.29 is 14.4 Å². The van der Waals surface area contributed by atoms with Crippen molar-refractivity contribution in [3.05, 3.63) is 59.5 Å². The molecule has 9 heteroatoms. The van der Waals surface area contributed by atoms with Gasteiger partial charge in [0.25, 0.3) is 11.8 Å². The van der Waals surface area contributed by atoms with E-state index in [9.17, 15) is 14.4 Å². The smallest absolute Gasteiger partial charge is 0.319 e. The van der Waals surface area contributed by atoms with E-state index < -0.39 is 6.03 Å². The number of imide groups is 1. The van der Waals surface area contributed by atoms with Crippen molar-refractivity contribution in [1.29, 1.82) is 0 Å². The SMILES string of the molecule is CN1C(=O)c2ccc(NC(=O)NCCc3nnc4ccccn34)cc2C1=O. The van der Waals surface area contributed by atoms with Crippen molar-refractivity contribution in [1.82, 2.24) is 24.8 Å². The van der Waals surface area contributed by atoms with E-state index in [1.54, 1.807) is 6.07 Å². The molecule has 1 aromatic carbocycles. The molecule has 0 spiro atoms. The van der Waals surface area contributed by atoms with Gasteiger partial charge < -0.3 is 10.6 Å². The van der Waals surface area contributed by atoms with Crippen LogP contribution in [-0.4, -0.2) is 50.9 Å². The molecule has 3 heterocycles.